The van der Waals surface area contributed by atoms with E-state index in [2.05, 4.69) is 21.2 Å². The first-order chi connectivity index (χ1) is 17.1. The third-order valence-electron chi connectivity index (χ3n) is 5.12. The number of hydrogen-bond acceptors (Lipinski definition) is 5. The average molecular weight is 564 g/mol. The van der Waals surface area contributed by atoms with Crippen LogP contribution in [0.25, 0.3) is 6.08 Å². The fourth-order valence-corrected chi connectivity index (χ4v) is 4.06. The number of benzene rings is 3. The summed E-state index contributed by atoms with van der Waals surface area (Å²) in [6, 6.07) is 12.0. The number of nitrogens with one attached hydrogen (secondary N) is 1. The number of methoxy groups -OCH3 is 3. The molecule has 1 amide bonds. The lowest BCUT2D eigenvalue weighted by atomic mass is 10.1. The van der Waals surface area contributed by atoms with Gasteiger partial charge in [-0.3, -0.25) is 9.59 Å². The van der Waals surface area contributed by atoms with Crippen LogP contribution >= 0.6 is 15.9 Å². The van der Waals surface area contributed by atoms with Gasteiger partial charge in [-0.1, -0.05) is 24.3 Å². The van der Waals surface area contributed by atoms with Crippen LogP contribution in [0.5, 0.6) is 17.2 Å². The van der Waals surface area contributed by atoms with Crippen molar-refractivity contribution in [2.45, 2.75) is 6.18 Å². The van der Waals surface area contributed by atoms with E-state index in [1.807, 2.05) is 0 Å². The van der Waals surface area contributed by atoms with Gasteiger partial charge in [0.25, 0.3) is 5.91 Å². The number of allylic oxidation sites excluding steroid dienone is 1. The smallest absolute Gasteiger partial charge is 0.417 e. The van der Waals surface area contributed by atoms with Gasteiger partial charge in [-0.25, -0.2) is 0 Å². The number of rotatable bonds is 8. The molecule has 0 spiro atoms. The molecule has 3 rings (SSSR count). The topological polar surface area (TPSA) is 73.9 Å². The Labute approximate surface area is 213 Å². The van der Waals surface area contributed by atoms with E-state index < -0.39 is 29.0 Å². The molecule has 3 aromatic carbocycles. The van der Waals surface area contributed by atoms with Crippen LogP contribution in [0.3, 0.4) is 0 Å². The summed E-state index contributed by atoms with van der Waals surface area (Å²) in [5.41, 5.74) is -0.719. The Morgan fingerprint density at radius 2 is 1.61 bits per heavy atom. The van der Waals surface area contributed by atoms with Crippen molar-refractivity contribution in [3.8, 4) is 17.2 Å². The fourth-order valence-electron chi connectivity index (χ4n) is 3.41. The minimum absolute atomic E-state index is 0.165. The van der Waals surface area contributed by atoms with Gasteiger partial charge in [0, 0.05) is 17.3 Å². The number of alkyl halides is 3. The number of hydrogen-bond donors (Lipinski definition) is 1. The lowest BCUT2D eigenvalue weighted by Crippen LogP contribution is -2.18. The van der Waals surface area contributed by atoms with Crippen molar-refractivity contribution in [3.63, 3.8) is 0 Å². The first-order valence-electron chi connectivity index (χ1n) is 10.4. The molecular formula is C26H21BrF3NO5. The van der Waals surface area contributed by atoms with Crippen LogP contribution in [-0.2, 0) is 6.18 Å². The van der Waals surface area contributed by atoms with E-state index >= 15 is 0 Å². The monoisotopic (exact) mass is 563 g/mol. The van der Waals surface area contributed by atoms with Gasteiger partial charge >= 0.3 is 6.18 Å². The number of ketones is 1. The van der Waals surface area contributed by atoms with E-state index in [1.54, 1.807) is 6.07 Å². The Morgan fingerprint density at radius 1 is 0.917 bits per heavy atom. The van der Waals surface area contributed by atoms with Gasteiger partial charge in [0.1, 0.15) is 21.7 Å². The van der Waals surface area contributed by atoms with Crippen LogP contribution in [-0.4, -0.2) is 33.0 Å². The maximum Gasteiger partial charge on any atom is 0.417 e. The third kappa shape index (κ3) is 5.88. The molecule has 0 bridgehead atoms. The largest absolute Gasteiger partial charge is 0.496 e. The van der Waals surface area contributed by atoms with Crippen LogP contribution in [0, 0.1) is 0 Å². The number of amides is 1. The highest BCUT2D eigenvalue weighted by Gasteiger charge is 2.34. The van der Waals surface area contributed by atoms with Gasteiger partial charge in [0.2, 0.25) is 0 Å². The Kier molecular flexibility index (Phi) is 8.41. The maximum absolute atomic E-state index is 13.3. The standard InChI is InChI=1S/C26H21BrF3NO5/c1-34-21-14-22(35-2)23(27)24(36-3)18(21)11-12-20(32)15-7-6-8-16(13-15)31-25(33)17-9-4-5-10-19(17)26(28,29)30/h4-14H,1-3H3,(H,31,33)/b12-11+. The molecule has 0 aromatic heterocycles. The van der Waals surface area contributed by atoms with E-state index in [9.17, 15) is 22.8 Å². The molecule has 10 heteroatoms. The summed E-state index contributed by atoms with van der Waals surface area (Å²) in [5.74, 6) is -0.0962. The maximum atomic E-state index is 13.3. The summed E-state index contributed by atoms with van der Waals surface area (Å²) in [6.07, 6.45) is -1.89. The van der Waals surface area contributed by atoms with Crippen molar-refractivity contribution in [1.82, 2.24) is 0 Å². The van der Waals surface area contributed by atoms with E-state index in [-0.39, 0.29) is 11.3 Å². The van der Waals surface area contributed by atoms with Gasteiger partial charge < -0.3 is 19.5 Å². The summed E-state index contributed by atoms with van der Waals surface area (Å²) in [7, 11) is 4.41. The quantitative estimate of drug-likeness (QED) is 0.245. The predicted octanol–water partition coefficient (Wildman–Crippen LogP) is 6.64. The van der Waals surface area contributed by atoms with Crippen molar-refractivity contribution in [2.75, 3.05) is 26.6 Å². The zero-order valence-corrected chi connectivity index (χ0v) is 21.0. The highest BCUT2D eigenvalue weighted by Crippen LogP contribution is 2.43. The molecule has 0 heterocycles. The third-order valence-corrected chi connectivity index (χ3v) is 5.87. The molecule has 0 aliphatic heterocycles. The summed E-state index contributed by atoms with van der Waals surface area (Å²) < 4.78 is 56.4. The molecule has 0 radical (unpaired) electrons. The first-order valence-corrected chi connectivity index (χ1v) is 11.2. The van der Waals surface area contributed by atoms with Crippen LogP contribution in [0.4, 0.5) is 18.9 Å². The second-order valence-electron chi connectivity index (χ2n) is 7.32. The summed E-state index contributed by atoms with van der Waals surface area (Å²) in [4.78, 5) is 25.4. The molecule has 3 aromatic rings. The van der Waals surface area contributed by atoms with Crippen molar-refractivity contribution < 1.29 is 37.0 Å². The minimum Gasteiger partial charge on any atom is -0.496 e. The van der Waals surface area contributed by atoms with Gasteiger partial charge in [0.15, 0.2) is 5.78 Å². The predicted molar refractivity (Wildman–Crippen MR) is 133 cm³/mol. The van der Waals surface area contributed by atoms with Crippen molar-refractivity contribution in [3.05, 3.63) is 87.4 Å². The molecule has 0 unspecified atom stereocenters. The highest BCUT2D eigenvalue weighted by molar-refractivity contribution is 9.10. The minimum atomic E-state index is -4.69. The van der Waals surface area contributed by atoms with Crippen LogP contribution in [0.2, 0.25) is 0 Å². The van der Waals surface area contributed by atoms with Crippen molar-refractivity contribution in [2.24, 2.45) is 0 Å². The molecule has 36 heavy (non-hydrogen) atoms. The number of halogens is 4. The molecule has 0 aliphatic carbocycles. The summed E-state index contributed by atoms with van der Waals surface area (Å²) >= 11 is 3.40. The van der Waals surface area contributed by atoms with E-state index in [4.69, 9.17) is 14.2 Å². The molecule has 1 N–H and O–H groups in total. The average Bonchev–Trinajstić information content (AvgIpc) is 2.86. The molecular weight excluding hydrogens is 543 g/mol. The second-order valence-corrected chi connectivity index (χ2v) is 8.11. The summed E-state index contributed by atoms with van der Waals surface area (Å²) in [6.45, 7) is 0. The first kappa shape index (κ1) is 26.8. The Bertz CT molecular complexity index is 1320. The Morgan fingerprint density at radius 3 is 2.25 bits per heavy atom. The normalized spacial score (nSPS) is 11.3. The Balaban J connectivity index is 1.87. The molecule has 0 saturated carbocycles. The number of carbonyl (C=O) groups is 2. The molecule has 6 nitrogen and oxygen atoms in total. The number of ether oxygens (including phenoxy) is 3. The van der Waals surface area contributed by atoms with Gasteiger partial charge in [-0.05, 0) is 52.3 Å². The highest BCUT2D eigenvalue weighted by atomic mass is 79.9. The molecule has 188 valence electrons. The van der Waals surface area contributed by atoms with Crippen molar-refractivity contribution >= 4 is 39.4 Å². The fraction of sp³-hybridized carbons (Fsp3) is 0.154. The Hall–Kier alpha value is -3.79. The lowest BCUT2D eigenvalue weighted by Gasteiger charge is -2.15. The molecule has 0 saturated heterocycles. The van der Waals surface area contributed by atoms with Gasteiger partial charge in [-0.15, -0.1) is 0 Å². The van der Waals surface area contributed by atoms with Crippen molar-refractivity contribution in [1.29, 1.82) is 0 Å². The summed E-state index contributed by atoms with van der Waals surface area (Å²) in [5, 5.41) is 2.42. The van der Waals surface area contributed by atoms with E-state index in [0.717, 1.165) is 12.1 Å². The molecule has 0 atom stereocenters. The van der Waals surface area contributed by atoms with Crippen LogP contribution < -0.4 is 19.5 Å². The molecule has 0 fully saturated rings. The van der Waals surface area contributed by atoms with E-state index in [0.29, 0.717) is 27.3 Å². The lowest BCUT2D eigenvalue weighted by molar-refractivity contribution is -0.137. The SMILES string of the molecule is COc1cc(OC)c(/C=C/C(=O)c2cccc(NC(=O)c3ccccc3C(F)(F)F)c2)c(OC)c1Br. The van der Waals surface area contributed by atoms with E-state index in [1.165, 1.54) is 69.9 Å². The van der Waals surface area contributed by atoms with Crippen LogP contribution in [0.1, 0.15) is 31.8 Å². The van der Waals surface area contributed by atoms with Gasteiger partial charge in [0.05, 0.1) is 38.0 Å². The second kappa shape index (κ2) is 11.3. The number of carbonyl (C=O) groups excluding carboxylic acids is 2. The van der Waals surface area contributed by atoms with Gasteiger partial charge in [-0.2, -0.15) is 13.2 Å². The molecule has 0 aliphatic rings. The zero-order chi connectivity index (χ0) is 26.5. The zero-order valence-electron chi connectivity index (χ0n) is 19.4. The van der Waals surface area contributed by atoms with Crippen LogP contribution in [0.15, 0.2) is 65.1 Å². The number of anilines is 1.